The molecule has 1 fully saturated rings. The second-order valence-corrected chi connectivity index (χ2v) is 8.40. The molecule has 7 heteroatoms. The smallest absolute Gasteiger partial charge is 0.231 e. The molecule has 3 heterocycles. The van der Waals surface area contributed by atoms with Gasteiger partial charge in [-0.3, -0.25) is 4.79 Å². The number of quaternary nitrogens is 1. The summed E-state index contributed by atoms with van der Waals surface area (Å²) in [5, 5.41) is 1.05. The fourth-order valence-electron chi connectivity index (χ4n) is 3.98. The molecule has 2 aliphatic rings. The van der Waals surface area contributed by atoms with E-state index in [1.165, 1.54) is 21.8 Å². The van der Waals surface area contributed by atoms with Crippen LogP contribution in [0, 0.1) is 0 Å². The van der Waals surface area contributed by atoms with Crippen LogP contribution in [-0.2, 0) is 24.1 Å². The molecule has 28 heavy (non-hydrogen) atoms. The Morgan fingerprint density at radius 2 is 2.11 bits per heavy atom. The van der Waals surface area contributed by atoms with Crippen LogP contribution in [-0.4, -0.2) is 42.6 Å². The molecule has 3 aromatic rings. The molecule has 1 aliphatic heterocycles. The minimum Gasteiger partial charge on any atom is -0.438 e. The van der Waals surface area contributed by atoms with Crippen LogP contribution >= 0.6 is 11.3 Å². The van der Waals surface area contributed by atoms with E-state index in [-0.39, 0.29) is 0 Å². The van der Waals surface area contributed by atoms with Crippen LogP contribution in [0.3, 0.4) is 0 Å². The zero-order chi connectivity index (χ0) is 18.9. The standard InChI is InChI=1S/C21H21N3O3S/c25-13-14-3-1-4-15(11-14)27-20-19-16-5-2-6-17(16)28-21(19)23-18(22-20)12-24-7-9-26-10-8-24/h1,3-4,11,13H,2,5-10,12H2/p+1. The molecule has 2 aromatic heterocycles. The first-order valence-electron chi connectivity index (χ1n) is 9.76. The predicted octanol–water partition coefficient (Wildman–Crippen LogP) is 2.20. The summed E-state index contributed by atoms with van der Waals surface area (Å²) in [4.78, 5) is 24.7. The highest BCUT2D eigenvalue weighted by Gasteiger charge is 2.25. The Hall–Kier alpha value is -2.35. The summed E-state index contributed by atoms with van der Waals surface area (Å²) in [7, 11) is 0. The number of carbonyl (C=O) groups is 1. The van der Waals surface area contributed by atoms with E-state index in [4.69, 9.17) is 19.4 Å². The number of hydrogen-bond acceptors (Lipinski definition) is 6. The van der Waals surface area contributed by atoms with E-state index in [0.717, 1.165) is 68.0 Å². The zero-order valence-corrected chi connectivity index (χ0v) is 16.4. The number of hydrogen-bond donors (Lipinski definition) is 1. The van der Waals surface area contributed by atoms with Crippen LogP contribution in [0.4, 0.5) is 0 Å². The van der Waals surface area contributed by atoms with Crippen molar-refractivity contribution in [2.75, 3.05) is 26.3 Å². The lowest BCUT2D eigenvalue weighted by molar-refractivity contribution is -0.922. The first-order chi connectivity index (χ1) is 13.8. The number of nitrogens with zero attached hydrogens (tertiary/aromatic N) is 2. The van der Waals surface area contributed by atoms with Crippen molar-refractivity contribution in [3.63, 3.8) is 0 Å². The SMILES string of the molecule is O=Cc1cccc(Oc2nc(C[NH+]3CCOCC3)nc3sc4c(c23)CCC4)c1. The Morgan fingerprint density at radius 3 is 2.96 bits per heavy atom. The number of nitrogens with one attached hydrogen (secondary N) is 1. The molecule has 0 amide bonds. The lowest BCUT2D eigenvalue weighted by Gasteiger charge is -2.23. The van der Waals surface area contributed by atoms with Crippen molar-refractivity contribution in [2.24, 2.45) is 0 Å². The van der Waals surface area contributed by atoms with E-state index in [2.05, 4.69) is 0 Å². The van der Waals surface area contributed by atoms with Gasteiger partial charge in [0.25, 0.3) is 0 Å². The number of morpholine rings is 1. The number of aromatic nitrogens is 2. The van der Waals surface area contributed by atoms with Crippen LogP contribution < -0.4 is 9.64 Å². The summed E-state index contributed by atoms with van der Waals surface area (Å²) in [5.74, 6) is 2.06. The Bertz CT molecular complexity index is 1030. The lowest BCUT2D eigenvalue weighted by Crippen LogP contribution is -3.12. The third-order valence-electron chi connectivity index (χ3n) is 5.39. The zero-order valence-electron chi connectivity index (χ0n) is 15.6. The predicted molar refractivity (Wildman–Crippen MR) is 107 cm³/mol. The first-order valence-corrected chi connectivity index (χ1v) is 10.6. The van der Waals surface area contributed by atoms with Gasteiger partial charge in [-0.25, -0.2) is 4.98 Å². The molecule has 0 atom stereocenters. The number of aldehydes is 1. The highest BCUT2D eigenvalue weighted by molar-refractivity contribution is 7.19. The summed E-state index contributed by atoms with van der Waals surface area (Å²) in [6.45, 7) is 4.28. The van der Waals surface area contributed by atoms with Crippen molar-refractivity contribution in [1.82, 2.24) is 9.97 Å². The quantitative estimate of drug-likeness (QED) is 0.670. The number of thiophene rings is 1. The van der Waals surface area contributed by atoms with E-state index in [1.54, 1.807) is 23.5 Å². The largest absolute Gasteiger partial charge is 0.438 e. The highest BCUT2D eigenvalue weighted by atomic mass is 32.1. The van der Waals surface area contributed by atoms with Gasteiger partial charge in [-0.15, -0.1) is 11.3 Å². The summed E-state index contributed by atoms with van der Waals surface area (Å²) in [6.07, 6.45) is 4.17. The fraction of sp³-hybridized carbons (Fsp3) is 0.381. The number of benzene rings is 1. The molecule has 0 bridgehead atoms. The average Bonchev–Trinajstić information content (AvgIpc) is 3.30. The second kappa shape index (κ2) is 7.58. The highest BCUT2D eigenvalue weighted by Crippen LogP contribution is 2.41. The van der Waals surface area contributed by atoms with Gasteiger partial charge in [0.2, 0.25) is 5.88 Å². The van der Waals surface area contributed by atoms with Crippen molar-refractivity contribution in [3.05, 3.63) is 46.1 Å². The van der Waals surface area contributed by atoms with Crippen LogP contribution in [0.2, 0.25) is 0 Å². The molecule has 5 rings (SSSR count). The van der Waals surface area contributed by atoms with Gasteiger partial charge >= 0.3 is 0 Å². The monoisotopic (exact) mass is 396 g/mol. The van der Waals surface area contributed by atoms with Crippen LogP contribution in [0.5, 0.6) is 11.6 Å². The van der Waals surface area contributed by atoms with E-state index in [9.17, 15) is 4.79 Å². The Balaban J connectivity index is 1.54. The van der Waals surface area contributed by atoms with Gasteiger partial charge in [-0.05, 0) is 37.0 Å². The van der Waals surface area contributed by atoms with Gasteiger partial charge in [-0.2, -0.15) is 4.98 Å². The van der Waals surface area contributed by atoms with Crippen LogP contribution in [0.15, 0.2) is 24.3 Å². The van der Waals surface area contributed by atoms with Gasteiger partial charge in [-0.1, -0.05) is 12.1 Å². The van der Waals surface area contributed by atoms with Gasteiger partial charge in [0.05, 0.1) is 18.6 Å². The van der Waals surface area contributed by atoms with E-state index >= 15 is 0 Å². The number of carbonyl (C=O) groups excluding carboxylic acids is 1. The molecule has 1 aromatic carbocycles. The lowest BCUT2D eigenvalue weighted by atomic mass is 10.2. The molecular formula is C21H22N3O3S+. The Kier molecular flexibility index (Phi) is 4.80. The molecule has 0 unspecified atom stereocenters. The minimum atomic E-state index is 0.594. The van der Waals surface area contributed by atoms with Crippen molar-refractivity contribution in [3.8, 4) is 11.6 Å². The van der Waals surface area contributed by atoms with Crippen molar-refractivity contribution < 1.29 is 19.2 Å². The molecule has 0 spiro atoms. The minimum absolute atomic E-state index is 0.594. The van der Waals surface area contributed by atoms with Gasteiger partial charge in [0.1, 0.15) is 36.5 Å². The maximum Gasteiger partial charge on any atom is 0.231 e. The van der Waals surface area contributed by atoms with Gasteiger partial charge in [0, 0.05) is 10.4 Å². The average molecular weight is 396 g/mol. The summed E-state index contributed by atoms with van der Waals surface area (Å²) in [5.41, 5.74) is 1.93. The summed E-state index contributed by atoms with van der Waals surface area (Å²) >= 11 is 1.77. The molecule has 6 nitrogen and oxygen atoms in total. The van der Waals surface area contributed by atoms with E-state index in [0.29, 0.717) is 17.2 Å². The molecule has 0 radical (unpaired) electrons. The van der Waals surface area contributed by atoms with E-state index < -0.39 is 0 Å². The Labute approximate surface area is 167 Å². The molecule has 0 saturated carbocycles. The molecular weight excluding hydrogens is 374 g/mol. The maximum absolute atomic E-state index is 11.1. The molecule has 1 saturated heterocycles. The summed E-state index contributed by atoms with van der Waals surface area (Å²) < 4.78 is 11.7. The summed E-state index contributed by atoms with van der Waals surface area (Å²) in [6, 6.07) is 7.21. The second-order valence-electron chi connectivity index (χ2n) is 7.31. The van der Waals surface area contributed by atoms with Gasteiger partial charge < -0.3 is 14.4 Å². The number of aryl methyl sites for hydroxylation is 2. The third kappa shape index (κ3) is 3.41. The topological polar surface area (TPSA) is 65.8 Å². The molecule has 1 aliphatic carbocycles. The van der Waals surface area contributed by atoms with Crippen LogP contribution in [0.25, 0.3) is 10.2 Å². The fourth-order valence-corrected chi connectivity index (χ4v) is 5.25. The first kappa shape index (κ1) is 17.7. The molecule has 1 N–H and O–H groups in total. The third-order valence-corrected chi connectivity index (χ3v) is 6.58. The number of fused-ring (bicyclic) bond motifs is 3. The van der Waals surface area contributed by atoms with Crippen LogP contribution in [0.1, 0.15) is 33.0 Å². The Morgan fingerprint density at radius 1 is 1.21 bits per heavy atom. The van der Waals surface area contributed by atoms with E-state index in [1.807, 2.05) is 12.1 Å². The van der Waals surface area contributed by atoms with Crippen molar-refractivity contribution >= 4 is 27.8 Å². The van der Waals surface area contributed by atoms with Crippen molar-refractivity contribution in [1.29, 1.82) is 0 Å². The van der Waals surface area contributed by atoms with Gasteiger partial charge in [0.15, 0.2) is 5.82 Å². The number of ether oxygens (including phenoxy) is 2. The van der Waals surface area contributed by atoms with Crippen molar-refractivity contribution in [2.45, 2.75) is 25.8 Å². The molecule has 144 valence electrons. The maximum atomic E-state index is 11.1. The number of rotatable bonds is 5. The normalized spacial score (nSPS) is 17.0.